The highest BCUT2D eigenvalue weighted by atomic mass is 16.3. The third kappa shape index (κ3) is 8.55. The van der Waals surface area contributed by atoms with E-state index in [2.05, 4.69) is 22.3 Å². The molecule has 0 radical (unpaired) electrons. The molecule has 10 nitrogen and oxygen atoms in total. The Morgan fingerprint density at radius 1 is 1.27 bits per heavy atom. The summed E-state index contributed by atoms with van der Waals surface area (Å²) in [6, 6.07) is 7.25. The van der Waals surface area contributed by atoms with E-state index in [1.165, 1.54) is 6.33 Å². The number of rotatable bonds is 9. The Hall–Kier alpha value is -3.43. The molecule has 2 amide bonds. The van der Waals surface area contributed by atoms with Gasteiger partial charge in [0.25, 0.3) is 6.47 Å². The topological polar surface area (TPSA) is 138 Å². The Morgan fingerprint density at radius 3 is 2.70 bits per heavy atom. The van der Waals surface area contributed by atoms with Crippen LogP contribution in [0.1, 0.15) is 44.6 Å². The maximum absolute atomic E-state index is 12.7. The molecular formula is C23H33N5O5. The summed E-state index contributed by atoms with van der Waals surface area (Å²) in [4.78, 5) is 39.2. The molecule has 3 N–H and O–H groups in total. The van der Waals surface area contributed by atoms with Crippen LogP contribution in [0.3, 0.4) is 0 Å². The first kappa shape index (κ1) is 25.8. The Labute approximate surface area is 193 Å². The van der Waals surface area contributed by atoms with E-state index < -0.39 is 0 Å². The number of piperidine rings is 1. The van der Waals surface area contributed by atoms with Crippen LogP contribution < -0.4 is 5.32 Å². The zero-order valence-corrected chi connectivity index (χ0v) is 19.0. The molecule has 2 heterocycles. The number of nitrogens with one attached hydrogen (secondary N) is 1. The molecule has 0 spiro atoms. The highest BCUT2D eigenvalue weighted by molar-refractivity contribution is 5.77. The van der Waals surface area contributed by atoms with E-state index in [-0.39, 0.29) is 36.0 Å². The van der Waals surface area contributed by atoms with Gasteiger partial charge in [0, 0.05) is 38.5 Å². The van der Waals surface area contributed by atoms with Gasteiger partial charge < -0.3 is 20.4 Å². The fraction of sp³-hybridized carbons (Fsp3) is 0.522. The lowest BCUT2D eigenvalue weighted by atomic mass is 9.89. The normalized spacial score (nSPS) is 17.5. The van der Waals surface area contributed by atoms with E-state index in [4.69, 9.17) is 9.90 Å². The Bertz CT molecular complexity index is 874. The van der Waals surface area contributed by atoms with Crippen molar-refractivity contribution in [3.63, 3.8) is 0 Å². The number of carbonyl (C=O) groups is 3. The van der Waals surface area contributed by atoms with E-state index in [0.717, 1.165) is 24.8 Å². The van der Waals surface area contributed by atoms with Crippen molar-refractivity contribution in [3.8, 4) is 5.75 Å². The molecule has 1 aromatic carbocycles. The lowest BCUT2D eigenvalue weighted by Gasteiger charge is -2.38. The summed E-state index contributed by atoms with van der Waals surface area (Å²) in [5.41, 5.74) is 0.797. The number of benzene rings is 1. The fourth-order valence-corrected chi connectivity index (χ4v) is 4.01. The molecule has 3 rings (SSSR count). The second-order valence-corrected chi connectivity index (χ2v) is 7.97. The fourth-order valence-electron chi connectivity index (χ4n) is 4.01. The zero-order valence-electron chi connectivity index (χ0n) is 19.0. The summed E-state index contributed by atoms with van der Waals surface area (Å²) < 4.78 is 1.72. The van der Waals surface area contributed by atoms with Crippen LogP contribution in [-0.2, 0) is 27.3 Å². The minimum absolute atomic E-state index is 0.0536. The lowest BCUT2D eigenvalue weighted by molar-refractivity contribution is -0.133. The molecule has 1 saturated heterocycles. The number of aryl methyl sites for hydroxylation is 2. The molecule has 1 fully saturated rings. The number of carboxylic acid groups (broad SMARTS) is 1. The van der Waals surface area contributed by atoms with Gasteiger partial charge in [-0.05, 0) is 43.2 Å². The Morgan fingerprint density at radius 2 is 2.03 bits per heavy atom. The Kier molecular flexibility index (Phi) is 10.9. The van der Waals surface area contributed by atoms with Crippen molar-refractivity contribution >= 4 is 18.3 Å². The number of aromatic hydroxyl groups is 1. The summed E-state index contributed by atoms with van der Waals surface area (Å²) in [7, 11) is 0. The second-order valence-electron chi connectivity index (χ2n) is 7.97. The number of nitrogens with zero attached hydrogens (tertiary/aromatic N) is 4. The van der Waals surface area contributed by atoms with Gasteiger partial charge in [-0.15, -0.1) is 0 Å². The predicted octanol–water partition coefficient (Wildman–Crippen LogP) is 1.84. The molecule has 1 aliphatic rings. The molecule has 0 bridgehead atoms. The summed E-state index contributed by atoms with van der Waals surface area (Å²) in [6.45, 7) is 3.85. The summed E-state index contributed by atoms with van der Waals surface area (Å²) in [6.07, 6.45) is 6.91. The van der Waals surface area contributed by atoms with E-state index in [0.29, 0.717) is 38.9 Å². The van der Waals surface area contributed by atoms with Crippen LogP contribution in [0.2, 0.25) is 0 Å². The molecule has 1 aromatic heterocycles. The van der Waals surface area contributed by atoms with Gasteiger partial charge in [-0.1, -0.05) is 25.1 Å². The van der Waals surface area contributed by atoms with Crippen molar-refractivity contribution in [2.75, 3.05) is 13.1 Å². The highest BCUT2D eigenvalue weighted by Crippen LogP contribution is 2.23. The number of amides is 2. The lowest BCUT2D eigenvalue weighted by Crippen LogP contribution is -2.52. The van der Waals surface area contributed by atoms with Gasteiger partial charge in [0.05, 0.1) is 0 Å². The maximum Gasteiger partial charge on any atom is 0.290 e. The van der Waals surface area contributed by atoms with Crippen molar-refractivity contribution < 1.29 is 24.6 Å². The monoisotopic (exact) mass is 459 g/mol. The SMILES string of the molecule is CC[C@@H]1CN(C(=O)CCc2ccccc2O)CC[C@@H]1NC(=O)CCCn1cncn1.O=CO. The van der Waals surface area contributed by atoms with Gasteiger partial charge in [-0.2, -0.15) is 5.10 Å². The van der Waals surface area contributed by atoms with Crippen LogP contribution in [0.4, 0.5) is 0 Å². The number of aromatic nitrogens is 3. The van der Waals surface area contributed by atoms with E-state index >= 15 is 0 Å². The minimum atomic E-state index is -0.250. The predicted molar refractivity (Wildman–Crippen MR) is 121 cm³/mol. The minimum Gasteiger partial charge on any atom is -0.508 e. The van der Waals surface area contributed by atoms with Crippen LogP contribution >= 0.6 is 0 Å². The molecular weight excluding hydrogens is 426 g/mol. The number of carbonyl (C=O) groups excluding carboxylic acids is 2. The van der Waals surface area contributed by atoms with E-state index in [1.54, 1.807) is 23.1 Å². The van der Waals surface area contributed by atoms with Gasteiger partial charge >= 0.3 is 0 Å². The van der Waals surface area contributed by atoms with Crippen LogP contribution in [0.15, 0.2) is 36.9 Å². The average molecular weight is 460 g/mol. The first-order chi connectivity index (χ1) is 16.0. The first-order valence-electron chi connectivity index (χ1n) is 11.2. The van der Waals surface area contributed by atoms with E-state index in [9.17, 15) is 14.7 Å². The summed E-state index contributed by atoms with van der Waals surface area (Å²) in [5.74, 6) is 0.654. The molecule has 0 saturated carbocycles. The molecule has 1 aliphatic heterocycles. The summed E-state index contributed by atoms with van der Waals surface area (Å²) >= 11 is 0. The smallest absolute Gasteiger partial charge is 0.290 e. The number of hydrogen-bond donors (Lipinski definition) is 3. The largest absolute Gasteiger partial charge is 0.508 e. The standard InChI is InChI=1S/C22H31N5O3.CH2O2/c1-2-17-14-26(22(30)10-9-18-6-3-4-7-20(18)28)13-11-19(17)25-21(29)8-5-12-27-16-23-15-24-27;2-1-3/h3-4,6-7,15-17,19,28H,2,5,8-14H2,1H3,(H,25,29);1H,(H,2,3)/t17-,19+;/m1./s1. The maximum atomic E-state index is 12.7. The van der Waals surface area contributed by atoms with Gasteiger partial charge in [0.1, 0.15) is 18.4 Å². The third-order valence-electron chi connectivity index (χ3n) is 5.81. The Balaban J connectivity index is 0.00000122. The number of likely N-dealkylation sites (tertiary alicyclic amines) is 1. The molecule has 2 aromatic rings. The van der Waals surface area contributed by atoms with Crippen LogP contribution in [0.25, 0.3) is 0 Å². The summed E-state index contributed by atoms with van der Waals surface area (Å²) in [5, 5.41) is 24.0. The van der Waals surface area contributed by atoms with Gasteiger partial charge in [-0.25, -0.2) is 4.98 Å². The molecule has 33 heavy (non-hydrogen) atoms. The van der Waals surface area contributed by atoms with Gasteiger partial charge in [0.2, 0.25) is 11.8 Å². The van der Waals surface area contributed by atoms with Crippen LogP contribution in [0.5, 0.6) is 5.75 Å². The number of phenolic OH excluding ortho intramolecular Hbond substituents is 1. The first-order valence-corrected chi connectivity index (χ1v) is 11.2. The molecule has 0 unspecified atom stereocenters. The molecule has 2 atom stereocenters. The quantitative estimate of drug-likeness (QED) is 0.487. The van der Waals surface area contributed by atoms with Crippen LogP contribution in [0, 0.1) is 5.92 Å². The van der Waals surface area contributed by atoms with Crippen molar-refractivity contribution in [2.24, 2.45) is 5.92 Å². The van der Waals surface area contributed by atoms with Crippen molar-refractivity contribution in [2.45, 2.75) is 58.0 Å². The van der Waals surface area contributed by atoms with Crippen LogP contribution in [-0.4, -0.2) is 67.3 Å². The van der Waals surface area contributed by atoms with Crippen molar-refractivity contribution in [1.29, 1.82) is 0 Å². The molecule has 0 aliphatic carbocycles. The van der Waals surface area contributed by atoms with Gasteiger partial charge in [-0.3, -0.25) is 19.1 Å². The average Bonchev–Trinajstić information content (AvgIpc) is 3.32. The van der Waals surface area contributed by atoms with Crippen molar-refractivity contribution in [1.82, 2.24) is 25.0 Å². The number of phenols is 1. The number of para-hydroxylation sites is 1. The zero-order chi connectivity index (χ0) is 24.1. The van der Waals surface area contributed by atoms with E-state index in [1.807, 2.05) is 17.0 Å². The van der Waals surface area contributed by atoms with Crippen molar-refractivity contribution in [3.05, 3.63) is 42.5 Å². The number of hydrogen-bond acceptors (Lipinski definition) is 6. The second kappa shape index (κ2) is 13.9. The molecule has 180 valence electrons. The third-order valence-corrected chi connectivity index (χ3v) is 5.81. The van der Waals surface area contributed by atoms with Gasteiger partial charge in [0.15, 0.2) is 0 Å². The highest BCUT2D eigenvalue weighted by Gasteiger charge is 2.31. The molecule has 10 heteroatoms.